The minimum absolute atomic E-state index is 0.234. The summed E-state index contributed by atoms with van der Waals surface area (Å²) < 4.78 is 42.8. The van der Waals surface area contributed by atoms with E-state index >= 15 is 0 Å². The maximum absolute atomic E-state index is 12.5. The third-order valence-corrected chi connectivity index (χ3v) is 3.04. The summed E-state index contributed by atoms with van der Waals surface area (Å²) in [6.07, 6.45) is -4.40. The third-order valence-electron chi connectivity index (χ3n) is 3.04. The first-order chi connectivity index (χ1) is 10.8. The molecule has 0 saturated heterocycles. The fourth-order valence-corrected chi connectivity index (χ4v) is 1.88. The minimum Gasteiger partial charge on any atom is -0.457 e. The summed E-state index contributed by atoms with van der Waals surface area (Å²) >= 11 is 0. The Bertz CT molecular complexity index is 732. The van der Waals surface area contributed by atoms with Crippen LogP contribution >= 0.6 is 0 Å². The van der Waals surface area contributed by atoms with Crippen LogP contribution in [0.5, 0.6) is 11.5 Å². The zero-order chi connectivity index (χ0) is 17.0. The van der Waals surface area contributed by atoms with E-state index in [4.69, 9.17) is 15.7 Å². The van der Waals surface area contributed by atoms with Gasteiger partial charge in [-0.15, -0.1) is 0 Å². The Hall–Kier alpha value is -3.01. The van der Waals surface area contributed by atoms with Gasteiger partial charge in [0.25, 0.3) is 0 Å². The number of nitrogens with zero attached hydrogens (tertiary/aromatic N) is 1. The quantitative estimate of drug-likeness (QED) is 0.935. The molecule has 0 radical (unpaired) electrons. The summed E-state index contributed by atoms with van der Waals surface area (Å²) in [5.74, 6) is -1.23. The van der Waals surface area contributed by atoms with Crippen LogP contribution < -0.4 is 10.5 Å². The first-order valence-corrected chi connectivity index (χ1v) is 6.45. The van der Waals surface area contributed by atoms with Crippen LogP contribution in [0.2, 0.25) is 0 Å². The number of carbonyl (C=O) groups is 1. The van der Waals surface area contributed by atoms with Gasteiger partial charge in [0.05, 0.1) is 11.6 Å². The zero-order valence-corrected chi connectivity index (χ0v) is 11.7. The monoisotopic (exact) mass is 320 g/mol. The van der Waals surface area contributed by atoms with Gasteiger partial charge in [-0.25, -0.2) is 0 Å². The number of primary amides is 1. The molecule has 0 aliphatic rings. The lowest BCUT2D eigenvalue weighted by molar-refractivity contribution is -0.137. The van der Waals surface area contributed by atoms with Crippen molar-refractivity contribution >= 4 is 5.91 Å². The van der Waals surface area contributed by atoms with Crippen LogP contribution in [-0.2, 0) is 11.0 Å². The maximum Gasteiger partial charge on any atom is 0.416 e. The number of benzene rings is 2. The Morgan fingerprint density at radius 2 is 1.52 bits per heavy atom. The molecule has 2 rings (SSSR count). The standard InChI is InChI=1S/C16H11F3N2O2/c17-16(18,19)11-3-7-13(8-4-11)23-12-5-1-10(2-6-12)14(9-20)15(21)22/h1-8,14H,(H2,21,22). The highest BCUT2D eigenvalue weighted by atomic mass is 19.4. The van der Waals surface area contributed by atoms with E-state index < -0.39 is 23.6 Å². The molecule has 4 nitrogen and oxygen atoms in total. The van der Waals surface area contributed by atoms with Crippen molar-refractivity contribution in [1.29, 1.82) is 5.26 Å². The van der Waals surface area contributed by atoms with Gasteiger partial charge in [-0.2, -0.15) is 18.4 Å². The molecule has 0 spiro atoms. The average molecular weight is 320 g/mol. The molecule has 1 atom stereocenters. The fraction of sp³-hybridized carbons (Fsp3) is 0.125. The van der Waals surface area contributed by atoms with Gasteiger partial charge in [0.1, 0.15) is 17.4 Å². The van der Waals surface area contributed by atoms with Crippen LogP contribution in [-0.4, -0.2) is 5.91 Å². The summed E-state index contributed by atoms with van der Waals surface area (Å²) in [5, 5.41) is 8.87. The molecule has 0 aliphatic carbocycles. The lowest BCUT2D eigenvalue weighted by Crippen LogP contribution is -2.19. The van der Waals surface area contributed by atoms with E-state index in [1.165, 1.54) is 36.4 Å². The van der Waals surface area contributed by atoms with Gasteiger partial charge < -0.3 is 10.5 Å². The van der Waals surface area contributed by atoms with Crippen molar-refractivity contribution in [2.24, 2.45) is 5.73 Å². The molecular weight excluding hydrogens is 309 g/mol. The molecule has 23 heavy (non-hydrogen) atoms. The fourth-order valence-electron chi connectivity index (χ4n) is 1.88. The van der Waals surface area contributed by atoms with Crippen molar-refractivity contribution in [3.63, 3.8) is 0 Å². The van der Waals surface area contributed by atoms with Crippen molar-refractivity contribution in [2.75, 3.05) is 0 Å². The highest BCUT2D eigenvalue weighted by Crippen LogP contribution is 2.31. The molecule has 0 saturated carbocycles. The third kappa shape index (κ3) is 4.01. The second-order valence-electron chi connectivity index (χ2n) is 4.66. The van der Waals surface area contributed by atoms with Crippen molar-refractivity contribution in [2.45, 2.75) is 12.1 Å². The Morgan fingerprint density at radius 3 is 1.91 bits per heavy atom. The second kappa shape index (κ2) is 6.40. The van der Waals surface area contributed by atoms with Gasteiger partial charge in [-0.3, -0.25) is 4.79 Å². The molecule has 0 heterocycles. The van der Waals surface area contributed by atoms with E-state index in [9.17, 15) is 18.0 Å². The van der Waals surface area contributed by atoms with E-state index in [0.717, 1.165) is 12.1 Å². The number of hydrogen-bond donors (Lipinski definition) is 1. The van der Waals surface area contributed by atoms with Crippen LogP contribution in [0.3, 0.4) is 0 Å². The Kier molecular flexibility index (Phi) is 4.55. The summed E-state index contributed by atoms with van der Waals surface area (Å²) in [5.41, 5.74) is 4.76. The van der Waals surface area contributed by atoms with Gasteiger partial charge in [-0.1, -0.05) is 12.1 Å². The summed E-state index contributed by atoms with van der Waals surface area (Å²) in [6.45, 7) is 0. The lowest BCUT2D eigenvalue weighted by atomic mass is 10.0. The lowest BCUT2D eigenvalue weighted by Gasteiger charge is -2.10. The molecule has 0 fully saturated rings. The smallest absolute Gasteiger partial charge is 0.416 e. The summed E-state index contributed by atoms with van der Waals surface area (Å²) in [4.78, 5) is 11.1. The number of ether oxygens (including phenoxy) is 1. The van der Waals surface area contributed by atoms with Gasteiger partial charge in [-0.05, 0) is 42.0 Å². The highest BCUT2D eigenvalue weighted by molar-refractivity contribution is 5.84. The summed E-state index contributed by atoms with van der Waals surface area (Å²) in [7, 11) is 0. The number of nitrogens with two attached hydrogens (primary N) is 1. The average Bonchev–Trinajstić information content (AvgIpc) is 2.49. The first-order valence-electron chi connectivity index (χ1n) is 6.45. The Morgan fingerprint density at radius 1 is 1.04 bits per heavy atom. The Labute approximate surface area is 129 Å². The molecule has 0 aliphatic heterocycles. The largest absolute Gasteiger partial charge is 0.457 e. The topological polar surface area (TPSA) is 76.1 Å². The van der Waals surface area contributed by atoms with Crippen LogP contribution in [0.1, 0.15) is 17.0 Å². The molecule has 2 aromatic carbocycles. The number of rotatable bonds is 4. The van der Waals surface area contributed by atoms with E-state index in [0.29, 0.717) is 11.3 Å². The van der Waals surface area contributed by atoms with E-state index in [-0.39, 0.29) is 5.75 Å². The molecule has 7 heteroatoms. The van der Waals surface area contributed by atoms with Gasteiger partial charge in [0.15, 0.2) is 0 Å². The van der Waals surface area contributed by atoms with E-state index in [2.05, 4.69) is 0 Å². The molecule has 0 aromatic heterocycles. The van der Waals surface area contributed by atoms with Crippen molar-refractivity contribution in [3.05, 3.63) is 59.7 Å². The number of hydrogen-bond acceptors (Lipinski definition) is 3. The molecule has 0 bridgehead atoms. The number of halogens is 3. The molecular formula is C16H11F3N2O2. The number of nitriles is 1. The zero-order valence-electron chi connectivity index (χ0n) is 11.7. The molecule has 2 N–H and O–H groups in total. The predicted octanol–water partition coefficient (Wildman–Crippen LogP) is 3.59. The predicted molar refractivity (Wildman–Crippen MR) is 75.5 cm³/mol. The Balaban J connectivity index is 2.12. The minimum atomic E-state index is -4.40. The summed E-state index contributed by atoms with van der Waals surface area (Å²) in [6, 6.07) is 12.0. The van der Waals surface area contributed by atoms with Crippen LogP contribution in [0.15, 0.2) is 48.5 Å². The van der Waals surface area contributed by atoms with Gasteiger partial charge in [0, 0.05) is 0 Å². The van der Waals surface area contributed by atoms with Crippen molar-refractivity contribution in [1.82, 2.24) is 0 Å². The molecule has 1 unspecified atom stereocenters. The van der Waals surface area contributed by atoms with Crippen molar-refractivity contribution in [3.8, 4) is 17.6 Å². The van der Waals surface area contributed by atoms with Gasteiger partial charge in [0.2, 0.25) is 5.91 Å². The highest BCUT2D eigenvalue weighted by Gasteiger charge is 2.30. The maximum atomic E-state index is 12.5. The number of amides is 1. The second-order valence-corrected chi connectivity index (χ2v) is 4.66. The van der Waals surface area contributed by atoms with Crippen molar-refractivity contribution < 1.29 is 22.7 Å². The van der Waals surface area contributed by atoms with Crippen LogP contribution in [0, 0.1) is 11.3 Å². The van der Waals surface area contributed by atoms with Gasteiger partial charge >= 0.3 is 6.18 Å². The van der Waals surface area contributed by atoms with Crippen LogP contribution in [0.25, 0.3) is 0 Å². The molecule has 2 aromatic rings. The normalized spacial score (nSPS) is 12.3. The van der Waals surface area contributed by atoms with E-state index in [1.807, 2.05) is 0 Å². The van der Waals surface area contributed by atoms with E-state index in [1.54, 1.807) is 6.07 Å². The number of alkyl halides is 3. The first kappa shape index (κ1) is 16.4. The molecule has 1 amide bonds. The molecule has 118 valence electrons. The SMILES string of the molecule is N#CC(C(N)=O)c1ccc(Oc2ccc(C(F)(F)F)cc2)cc1. The van der Waals surface area contributed by atoms with Crippen LogP contribution in [0.4, 0.5) is 13.2 Å². The number of carbonyl (C=O) groups excluding carboxylic acids is 1.